The van der Waals surface area contributed by atoms with E-state index < -0.39 is 27.9 Å². The maximum Gasteiger partial charge on any atom is 0.248 e. The van der Waals surface area contributed by atoms with Crippen LogP contribution in [0.3, 0.4) is 0 Å². The van der Waals surface area contributed by atoms with Crippen molar-refractivity contribution in [1.29, 1.82) is 0 Å². The van der Waals surface area contributed by atoms with Crippen molar-refractivity contribution in [2.24, 2.45) is 17.8 Å². The van der Waals surface area contributed by atoms with Crippen molar-refractivity contribution in [3.05, 3.63) is 66.4 Å². The third-order valence-electron chi connectivity index (χ3n) is 7.25. The Morgan fingerprint density at radius 1 is 1.09 bits per heavy atom. The van der Waals surface area contributed by atoms with Gasteiger partial charge in [0.05, 0.1) is 22.0 Å². The van der Waals surface area contributed by atoms with E-state index in [-0.39, 0.29) is 23.3 Å². The van der Waals surface area contributed by atoms with Crippen LogP contribution < -0.4 is 10.2 Å². The molecule has 8 nitrogen and oxygen atoms in total. The second-order valence-corrected chi connectivity index (χ2v) is 11.1. The van der Waals surface area contributed by atoms with Crippen LogP contribution in [0.15, 0.2) is 65.6 Å². The van der Waals surface area contributed by atoms with Gasteiger partial charge in [0, 0.05) is 18.5 Å². The van der Waals surface area contributed by atoms with E-state index in [9.17, 15) is 18.4 Å². The third kappa shape index (κ3) is 4.04. The topological polar surface area (TPSA) is 109 Å². The predicted octanol–water partition coefficient (Wildman–Crippen LogP) is 3.35. The summed E-state index contributed by atoms with van der Waals surface area (Å²) in [5.41, 5.74) is 3.40. The molecule has 2 aliphatic rings. The summed E-state index contributed by atoms with van der Waals surface area (Å²) in [6.45, 7) is 0.264. The number of ether oxygens (including phenoxy) is 1. The number of carbonyl (C=O) groups excluding carboxylic acids is 1. The zero-order valence-electron chi connectivity index (χ0n) is 18.8. The zero-order valence-corrected chi connectivity index (χ0v) is 19.6. The lowest BCUT2D eigenvalue weighted by Gasteiger charge is -2.35. The van der Waals surface area contributed by atoms with Gasteiger partial charge < -0.3 is 4.74 Å². The second-order valence-electron chi connectivity index (χ2n) is 9.10. The number of para-hydroxylation sites is 1. The normalized spacial score (nSPS) is 24.0. The largest absolute Gasteiger partial charge is 0.487 e. The van der Waals surface area contributed by atoms with Gasteiger partial charge in [-0.25, -0.2) is 18.9 Å². The molecule has 0 radical (unpaired) electrons. The SMILES string of the molecule is CN([C@@H]1C2CCC(C2)[C@@H]1C(=O)NO)S(=O)(=O)c1ccc(OCc2ccc3ccccc3n2)cc1. The molecule has 3 aromatic rings. The van der Waals surface area contributed by atoms with Gasteiger partial charge in [0.15, 0.2) is 0 Å². The number of benzene rings is 2. The molecule has 34 heavy (non-hydrogen) atoms. The zero-order chi connectivity index (χ0) is 23.9. The summed E-state index contributed by atoms with van der Waals surface area (Å²) >= 11 is 0. The summed E-state index contributed by atoms with van der Waals surface area (Å²) < 4.78 is 33.8. The van der Waals surface area contributed by atoms with Gasteiger partial charge >= 0.3 is 0 Å². The molecule has 5 rings (SSSR count). The first-order valence-corrected chi connectivity index (χ1v) is 12.8. The van der Waals surface area contributed by atoms with Crippen molar-refractivity contribution in [3.8, 4) is 5.75 Å². The Morgan fingerprint density at radius 3 is 2.59 bits per heavy atom. The van der Waals surface area contributed by atoms with Crippen LogP contribution >= 0.6 is 0 Å². The lowest BCUT2D eigenvalue weighted by Crippen LogP contribution is -2.50. The number of sulfonamides is 1. The van der Waals surface area contributed by atoms with Crippen LogP contribution in [0.2, 0.25) is 0 Å². The molecule has 178 valence electrons. The van der Waals surface area contributed by atoms with Crippen molar-refractivity contribution < 1.29 is 23.2 Å². The minimum Gasteiger partial charge on any atom is -0.487 e. The molecule has 0 spiro atoms. The highest BCUT2D eigenvalue weighted by molar-refractivity contribution is 7.89. The lowest BCUT2D eigenvalue weighted by molar-refractivity contribution is -0.136. The summed E-state index contributed by atoms with van der Waals surface area (Å²) in [6.07, 6.45) is 2.57. The molecule has 1 aromatic heterocycles. The number of hydroxylamine groups is 1. The number of hydrogen-bond acceptors (Lipinski definition) is 6. The number of hydrogen-bond donors (Lipinski definition) is 2. The van der Waals surface area contributed by atoms with Crippen molar-refractivity contribution in [3.63, 3.8) is 0 Å². The number of amides is 1. The van der Waals surface area contributed by atoms with E-state index >= 15 is 0 Å². The predicted molar refractivity (Wildman–Crippen MR) is 126 cm³/mol. The highest BCUT2D eigenvalue weighted by Crippen LogP contribution is 2.51. The monoisotopic (exact) mass is 481 g/mol. The molecule has 2 unspecified atom stereocenters. The van der Waals surface area contributed by atoms with E-state index in [1.165, 1.54) is 23.5 Å². The number of nitrogens with one attached hydrogen (secondary N) is 1. The summed E-state index contributed by atoms with van der Waals surface area (Å²) in [6, 6.07) is 17.6. The highest BCUT2D eigenvalue weighted by Gasteiger charge is 2.54. The summed E-state index contributed by atoms with van der Waals surface area (Å²) in [4.78, 5) is 17.0. The van der Waals surface area contributed by atoms with Gasteiger partial charge in [-0.2, -0.15) is 4.31 Å². The Balaban J connectivity index is 1.29. The highest BCUT2D eigenvalue weighted by atomic mass is 32.2. The number of aromatic nitrogens is 1. The molecule has 9 heteroatoms. The van der Waals surface area contributed by atoms with Gasteiger partial charge in [0.25, 0.3) is 0 Å². The second kappa shape index (κ2) is 8.98. The summed E-state index contributed by atoms with van der Waals surface area (Å²) in [5.74, 6) is -0.302. The Bertz CT molecular complexity index is 1310. The quantitative estimate of drug-likeness (QED) is 0.396. The fourth-order valence-corrected chi connectivity index (χ4v) is 7.04. The van der Waals surface area contributed by atoms with Gasteiger partial charge in [-0.1, -0.05) is 24.3 Å². The molecule has 2 fully saturated rings. The lowest BCUT2D eigenvalue weighted by atomic mass is 9.84. The average Bonchev–Trinajstić information content (AvgIpc) is 3.48. The van der Waals surface area contributed by atoms with Crippen LogP contribution in [0.4, 0.5) is 0 Å². The molecule has 2 aromatic carbocycles. The molecule has 2 saturated carbocycles. The maximum absolute atomic E-state index is 13.3. The molecule has 0 aliphatic heterocycles. The fourth-order valence-electron chi connectivity index (χ4n) is 5.61. The average molecular weight is 482 g/mol. The molecule has 2 bridgehead atoms. The molecular weight excluding hydrogens is 454 g/mol. The van der Waals surface area contributed by atoms with E-state index in [1.807, 2.05) is 36.4 Å². The van der Waals surface area contributed by atoms with Crippen LogP contribution in [-0.2, 0) is 21.4 Å². The molecule has 2 aliphatic carbocycles. The van der Waals surface area contributed by atoms with E-state index in [4.69, 9.17) is 4.74 Å². The van der Waals surface area contributed by atoms with Crippen molar-refractivity contribution >= 4 is 26.8 Å². The number of nitrogens with zero attached hydrogens (tertiary/aromatic N) is 2. The Kier molecular flexibility index (Phi) is 6.01. The van der Waals surface area contributed by atoms with Gasteiger partial charge in [0.1, 0.15) is 12.4 Å². The van der Waals surface area contributed by atoms with E-state index in [0.29, 0.717) is 5.75 Å². The van der Waals surface area contributed by atoms with Crippen molar-refractivity contribution in [1.82, 2.24) is 14.8 Å². The van der Waals surface area contributed by atoms with Crippen molar-refractivity contribution in [2.75, 3.05) is 7.05 Å². The molecule has 1 amide bonds. The minimum atomic E-state index is -3.82. The third-order valence-corrected chi connectivity index (χ3v) is 9.12. The van der Waals surface area contributed by atoms with Gasteiger partial charge in [0.2, 0.25) is 15.9 Å². The van der Waals surface area contributed by atoms with Gasteiger partial charge in [-0.15, -0.1) is 0 Å². The van der Waals surface area contributed by atoms with Crippen molar-refractivity contribution in [2.45, 2.75) is 36.8 Å². The summed E-state index contributed by atoms with van der Waals surface area (Å²) in [7, 11) is -2.30. The number of pyridine rings is 1. The Labute approximate surface area is 198 Å². The number of fused-ring (bicyclic) bond motifs is 3. The first-order chi connectivity index (χ1) is 16.4. The Hall–Kier alpha value is -3.01. The molecule has 2 N–H and O–H groups in total. The molecule has 0 saturated heterocycles. The number of carbonyl (C=O) groups is 1. The first kappa shape index (κ1) is 22.8. The maximum atomic E-state index is 13.3. The van der Waals surface area contributed by atoms with E-state index in [0.717, 1.165) is 35.9 Å². The molecular formula is C25H27N3O5S. The minimum absolute atomic E-state index is 0.0966. The summed E-state index contributed by atoms with van der Waals surface area (Å²) in [5, 5.41) is 10.2. The molecule has 4 atom stereocenters. The smallest absolute Gasteiger partial charge is 0.248 e. The van der Waals surface area contributed by atoms with Crippen LogP contribution in [0, 0.1) is 17.8 Å². The fraction of sp³-hybridized carbons (Fsp3) is 0.360. The van der Waals surface area contributed by atoms with Crippen LogP contribution in [-0.4, -0.2) is 41.9 Å². The number of rotatable bonds is 7. The Morgan fingerprint density at radius 2 is 1.82 bits per heavy atom. The molecule has 1 heterocycles. The van der Waals surface area contributed by atoms with Crippen LogP contribution in [0.1, 0.15) is 25.0 Å². The standard InChI is InChI=1S/C25H27N3O5S/c1-28(24-18-7-6-17(14-18)23(24)25(29)27-30)34(31,32)21-12-10-20(11-13-21)33-15-19-9-8-16-4-2-3-5-22(16)26-19/h2-5,8-13,17-18,23-24,30H,6-7,14-15H2,1H3,(H,27,29)/t17?,18?,23-,24+/m0/s1. The van der Waals surface area contributed by atoms with E-state index in [1.54, 1.807) is 17.6 Å². The first-order valence-electron chi connectivity index (χ1n) is 11.4. The van der Waals surface area contributed by atoms with E-state index in [2.05, 4.69) is 4.98 Å². The van der Waals surface area contributed by atoms with Crippen LogP contribution in [0.25, 0.3) is 10.9 Å². The van der Waals surface area contributed by atoms with Crippen LogP contribution in [0.5, 0.6) is 5.75 Å². The van der Waals surface area contributed by atoms with Gasteiger partial charge in [-0.3, -0.25) is 10.0 Å². The van der Waals surface area contributed by atoms with Gasteiger partial charge in [-0.05, 0) is 67.5 Å².